The molecule has 0 radical (unpaired) electrons. The van der Waals surface area contributed by atoms with E-state index in [0.717, 1.165) is 39.1 Å². The predicted octanol–water partition coefficient (Wildman–Crippen LogP) is 2.13. The molecule has 0 atom stereocenters. The molecule has 0 aliphatic carbocycles. The highest BCUT2D eigenvalue weighted by molar-refractivity contribution is 5.76. The molecule has 1 heterocycles. The number of nitrogens with zero attached hydrogens (tertiary/aromatic N) is 2. The van der Waals surface area contributed by atoms with Gasteiger partial charge in [-0.1, -0.05) is 37.3 Å². The minimum absolute atomic E-state index is 0.312. The maximum atomic E-state index is 11.9. The average Bonchev–Trinajstić information content (AvgIpc) is 2.56. The lowest BCUT2D eigenvalue weighted by Crippen LogP contribution is -2.33. The lowest BCUT2D eigenvalue weighted by atomic mass is 10.2. The van der Waals surface area contributed by atoms with Crippen LogP contribution in [-0.2, 0) is 11.3 Å². The van der Waals surface area contributed by atoms with Crippen LogP contribution in [0.1, 0.15) is 25.3 Å². The zero-order valence-electron chi connectivity index (χ0n) is 11.1. The van der Waals surface area contributed by atoms with E-state index in [1.165, 1.54) is 5.56 Å². The third-order valence-corrected chi connectivity index (χ3v) is 3.42. The van der Waals surface area contributed by atoms with Crippen molar-refractivity contribution < 1.29 is 4.79 Å². The Morgan fingerprint density at radius 3 is 2.61 bits per heavy atom. The molecule has 1 aromatic rings. The molecule has 1 aliphatic heterocycles. The third-order valence-electron chi connectivity index (χ3n) is 3.42. The van der Waals surface area contributed by atoms with Gasteiger partial charge in [0.1, 0.15) is 0 Å². The van der Waals surface area contributed by atoms with E-state index in [1.807, 2.05) is 11.0 Å². The summed E-state index contributed by atoms with van der Waals surface area (Å²) in [5, 5.41) is 0. The van der Waals surface area contributed by atoms with Crippen molar-refractivity contribution in [1.82, 2.24) is 9.80 Å². The van der Waals surface area contributed by atoms with Gasteiger partial charge in [-0.2, -0.15) is 0 Å². The number of rotatable bonds is 4. The zero-order valence-corrected chi connectivity index (χ0v) is 11.1. The molecule has 98 valence electrons. The Labute approximate surface area is 109 Å². The number of carbonyl (C=O) groups is 1. The van der Waals surface area contributed by atoms with Crippen LogP contribution in [0, 0.1) is 0 Å². The molecule has 1 aromatic carbocycles. The van der Waals surface area contributed by atoms with Gasteiger partial charge in [0, 0.05) is 39.1 Å². The van der Waals surface area contributed by atoms with Crippen LogP contribution in [0.2, 0.25) is 0 Å². The highest BCUT2D eigenvalue weighted by Gasteiger charge is 2.19. The molecule has 1 saturated heterocycles. The Morgan fingerprint density at radius 1 is 1.11 bits per heavy atom. The highest BCUT2D eigenvalue weighted by atomic mass is 16.2. The predicted molar refractivity (Wildman–Crippen MR) is 73.2 cm³/mol. The normalized spacial score (nSPS) is 17.8. The number of hydrogen-bond donors (Lipinski definition) is 0. The minimum atomic E-state index is 0.312. The van der Waals surface area contributed by atoms with Crippen molar-refractivity contribution in [2.45, 2.75) is 26.3 Å². The fourth-order valence-electron chi connectivity index (χ4n) is 2.42. The number of hydrogen-bond acceptors (Lipinski definition) is 2. The molecule has 3 nitrogen and oxygen atoms in total. The Morgan fingerprint density at radius 2 is 1.89 bits per heavy atom. The van der Waals surface area contributed by atoms with Gasteiger partial charge >= 0.3 is 0 Å². The molecule has 3 heteroatoms. The molecule has 2 rings (SSSR count). The van der Waals surface area contributed by atoms with Gasteiger partial charge < -0.3 is 4.90 Å². The molecule has 0 unspecified atom stereocenters. The van der Waals surface area contributed by atoms with Gasteiger partial charge in [0.2, 0.25) is 5.91 Å². The van der Waals surface area contributed by atoms with Crippen molar-refractivity contribution in [3.05, 3.63) is 35.9 Å². The van der Waals surface area contributed by atoms with E-state index in [-0.39, 0.29) is 0 Å². The first-order chi connectivity index (χ1) is 8.79. The van der Waals surface area contributed by atoms with Crippen LogP contribution in [0.15, 0.2) is 30.3 Å². The Hall–Kier alpha value is -1.35. The van der Waals surface area contributed by atoms with Crippen molar-refractivity contribution in [2.24, 2.45) is 0 Å². The molecule has 1 fully saturated rings. The van der Waals surface area contributed by atoms with Crippen molar-refractivity contribution >= 4 is 5.91 Å². The van der Waals surface area contributed by atoms with E-state index in [9.17, 15) is 4.79 Å². The van der Waals surface area contributed by atoms with Gasteiger partial charge in [0.25, 0.3) is 0 Å². The monoisotopic (exact) mass is 246 g/mol. The Balaban J connectivity index is 1.90. The molecular formula is C15H22N2O. The summed E-state index contributed by atoms with van der Waals surface area (Å²) >= 11 is 0. The first kappa shape index (κ1) is 13.1. The first-order valence-electron chi connectivity index (χ1n) is 6.83. The molecular weight excluding hydrogens is 224 g/mol. The molecule has 1 aliphatic rings. The molecule has 0 spiro atoms. The topological polar surface area (TPSA) is 23.6 Å². The minimum Gasteiger partial charge on any atom is -0.341 e. The van der Waals surface area contributed by atoms with Gasteiger partial charge in [-0.25, -0.2) is 0 Å². The second-order valence-corrected chi connectivity index (χ2v) is 4.89. The highest BCUT2D eigenvalue weighted by Crippen LogP contribution is 2.10. The third kappa shape index (κ3) is 3.57. The summed E-state index contributed by atoms with van der Waals surface area (Å²) in [6.07, 6.45) is 1.71. The van der Waals surface area contributed by atoms with Crippen LogP contribution in [0.4, 0.5) is 0 Å². The fourth-order valence-corrected chi connectivity index (χ4v) is 2.42. The smallest absolute Gasteiger partial charge is 0.223 e. The van der Waals surface area contributed by atoms with Crippen LogP contribution < -0.4 is 0 Å². The lowest BCUT2D eigenvalue weighted by Gasteiger charge is -2.21. The van der Waals surface area contributed by atoms with E-state index in [0.29, 0.717) is 12.3 Å². The maximum absolute atomic E-state index is 11.9. The number of carbonyl (C=O) groups excluding carboxylic acids is 1. The van der Waals surface area contributed by atoms with Crippen molar-refractivity contribution in [3.63, 3.8) is 0 Å². The van der Waals surface area contributed by atoms with E-state index < -0.39 is 0 Å². The Kier molecular flexibility index (Phi) is 4.76. The second kappa shape index (κ2) is 6.55. The van der Waals surface area contributed by atoms with Gasteiger partial charge in [-0.15, -0.1) is 0 Å². The van der Waals surface area contributed by atoms with Crippen molar-refractivity contribution in [1.29, 1.82) is 0 Å². The summed E-state index contributed by atoms with van der Waals surface area (Å²) in [4.78, 5) is 16.3. The van der Waals surface area contributed by atoms with Crippen molar-refractivity contribution in [2.75, 3.05) is 26.2 Å². The number of amides is 1. The number of benzene rings is 1. The van der Waals surface area contributed by atoms with Crippen LogP contribution in [0.3, 0.4) is 0 Å². The Bertz CT molecular complexity index is 377. The first-order valence-corrected chi connectivity index (χ1v) is 6.83. The average molecular weight is 246 g/mol. The summed E-state index contributed by atoms with van der Waals surface area (Å²) in [6.45, 7) is 6.72. The lowest BCUT2D eigenvalue weighted by molar-refractivity contribution is -0.130. The quantitative estimate of drug-likeness (QED) is 0.812. The summed E-state index contributed by atoms with van der Waals surface area (Å²) in [5.41, 5.74) is 1.33. The standard InChI is InChI=1S/C15H22N2O/c1-2-9-17-12-11-16(10-8-15(17)18)13-14-6-4-3-5-7-14/h3-7H,2,8-13H2,1H3. The van der Waals surface area contributed by atoms with Crippen LogP contribution >= 0.6 is 0 Å². The van der Waals surface area contributed by atoms with Gasteiger partial charge in [0.05, 0.1) is 0 Å². The summed E-state index contributed by atoms with van der Waals surface area (Å²) in [7, 11) is 0. The van der Waals surface area contributed by atoms with Gasteiger partial charge in [-0.3, -0.25) is 9.69 Å². The van der Waals surface area contributed by atoms with Gasteiger partial charge in [0.15, 0.2) is 0 Å². The maximum Gasteiger partial charge on any atom is 0.223 e. The summed E-state index contributed by atoms with van der Waals surface area (Å²) in [5.74, 6) is 0.312. The molecule has 18 heavy (non-hydrogen) atoms. The van der Waals surface area contributed by atoms with E-state index in [4.69, 9.17) is 0 Å². The van der Waals surface area contributed by atoms with E-state index in [1.54, 1.807) is 0 Å². The molecule has 0 saturated carbocycles. The molecule has 0 N–H and O–H groups in total. The fraction of sp³-hybridized carbons (Fsp3) is 0.533. The molecule has 0 aromatic heterocycles. The SMILES string of the molecule is CCCN1CCN(Cc2ccccc2)CCC1=O. The summed E-state index contributed by atoms with van der Waals surface area (Å²) in [6, 6.07) is 10.5. The molecule has 0 bridgehead atoms. The van der Waals surface area contributed by atoms with E-state index >= 15 is 0 Å². The molecule has 1 amide bonds. The largest absolute Gasteiger partial charge is 0.341 e. The van der Waals surface area contributed by atoms with Crippen LogP contribution in [-0.4, -0.2) is 41.9 Å². The van der Waals surface area contributed by atoms with Crippen LogP contribution in [0.25, 0.3) is 0 Å². The van der Waals surface area contributed by atoms with Crippen molar-refractivity contribution in [3.8, 4) is 0 Å². The zero-order chi connectivity index (χ0) is 12.8. The van der Waals surface area contributed by atoms with Gasteiger partial charge in [-0.05, 0) is 12.0 Å². The second-order valence-electron chi connectivity index (χ2n) is 4.89. The van der Waals surface area contributed by atoms with Crippen LogP contribution in [0.5, 0.6) is 0 Å². The van der Waals surface area contributed by atoms with E-state index in [2.05, 4.69) is 36.1 Å². The summed E-state index contributed by atoms with van der Waals surface area (Å²) < 4.78 is 0.